The molecule has 2 aromatic rings. The van der Waals surface area contributed by atoms with E-state index in [1.165, 1.54) is 49.4 Å². The smallest absolute Gasteiger partial charge is 0.271 e. The van der Waals surface area contributed by atoms with Crippen molar-refractivity contribution in [3.05, 3.63) is 62.6 Å². The van der Waals surface area contributed by atoms with Crippen molar-refractivity contribution in [2.75, 3.05) is 15.9 Å². The van der Waals surface area contributed by atoms with Gasteiger partial charge in [0, 0.05) is 17.8 Å². The SMILES string of the molecule is CC(C(=O)Nc1cccc([N+](=O)[O-])c1)N(c1ccc(Cl)c(Cl)c1)S(C)(=O)=O. The number of amides is 1. The topological polar surface area (TPSA) is 110 Å². The fraction of sp³-hybridized carbons (Fsp3) is 0.188. The lowest BCUT2D eigenvalue weighted by Gasteiger charge is -2.28. The Kier molecular flexibility index (Phi) is 6.30. The van der Waals surface area contributed by atoms with E-state index in [-0.39, 0.29) is 27.1 Å². The Hall–Kier alpha value is -2.36. The van der Waals surface area contributed by atoms with Gasteiger partial charge in [-0.05, 0) is 31.2 Å². The molecule has 2 rings (SSSR count). The second kappa shape index (κ2) is 8.12. The molecule has 0 aliphatic rings. The highest BCUT2D eigenvalue weighted by Crippen LogP contribution is 2.30. The maximum Gasteiger partial charge on any atom is 0.271 e. The number of anilines is 2. The van der Waals surface area contributed by atoms with E-state index in [1.54, 1.807) is 0 Å². The third-order valence-electron chi connectivity index (χ3n) is 3.57. The molecule has 0 heterocycles. The average Bonchev–Trinajstić information content (AvgIpc) is 2.57. The Morgan fingerprint density at radius 2 is 1.85 bits per heavy atom. The molecule has 0 bridgehead atoms. The summed E-state index contributed by atoms with van der Waals surface area (Å²) in [4.78, 5) is 22.8. The maximum atomic E-state index is 12.6. The molecule has 0 radical (unpaired) electrons. The lowest BCUT2D eigenvalue weighted by molar-refractivity contribution is -0.384. The van der Waals surface area contributed by atoms with Crippen LogP contribution >= 0.6 is 23.2 Å². The number of nitrogens with one attached hydrogen (secondary N) is 1. The van der Waals surface area contributed by atoms with Crippen LogP contribution < -0.4 is 9.62 Å². The summed E-state index contributed by atoms with van der Waals surface area (Å²) in [5.41, 5.74) is 0.127. The van der Waals surface area contributed by atoms with E-state index in [1.807, 2.05) is 0 Å². The zero-order valence-electron chi connectivity index (χ0n) is 14.2. The third kappa shape index (κ3) is 5.09. The molecular weight excluding hydrogens is 417 g/mol. The summed E-state index contributed by atoms with van der Waals surface area (Å²) in [6.45, 7) is 1.39. The number of carbonyl (C=O) groups excluding carboxylic acids is 1. The van der Waals surface area contributed by atoms with Crippen molar-refractivity contribution in [3.8, 4) is 0 Å². The van der Waals surface area contributed by atoms with Gasteiger partial charge in [0.2, 0.25) is 15.9 Å². The van der Waals surface area contributed by atoms with E-state index < -0.39 is 26.9 Å². The number of nitro benzene ring substituents is 1. The van der Waals surface area contributed by atoms with Gasteiger partial charge in [-0.2, -0.15) is 0 Å². The quantitative estimate of drug-likeness (QED) is 0.553. The number of nitrogens with zero attached hydrogens (tertiary/aromatic N) is 2. The Bertz CT molecular complexity index is 997. The standard InChI is InChI=1S/C16H15Cl2N3O5S/c1-10(16(22)19-11-4-3-5-13(8-11)21(23)24)20(27(2,25)26)12-6-7-14(17)15(18)9-12/h3-10H,1-2H3,(H,19,22). The summed E-state index contributed by atoms with van der Waals surface area (Å²) in [5, 5.41) is 13.7. The summed E-state index contributed by atoms with van der Waals surface area (Å²) in [6, 6.07) is 8.34. The molecule has 0 fully saturated rings. The fourth-order valence-electron chi connectivity index (χ4n) is 2.37. The molecule has 8 nitrogen and oxygen atoms in total. The van der Waals surface area contributed by atoms with Crippen LogP contribution in [0.15, 0.2) is 42.5 Å². The minimum absolute atomic E-state index is 0.133. The monoisotopic (exact) mass is 431 g/mol. The predicted molar refractivity (Wildman–Crippen MR) is 105 cm³/mol. The Labute approximate surface area is 165 Å². The van der Waals surface area contributed by atoms with Crippen molar-refractivity contribution in [2.45, 2.75) is 13.0 Å². The zero-order valence-corrected chi connectivity index (χ0v) is 16.5. The molecule has 2 aromatic carbocycles. The van der Waals surface area contributed by atoms with Gasteiger partial charge in [-0.3, -0.25) is 19.2 Å². The van der Waals surface area contributed by atoms with Crippen molar-refractivity contribution < 1.29 is 18.1 Å². The van der Waals surface area contributed by atoms with Crippen LogP contribution in [0.25, 0.3) is 0 Å². The van der Waals surface area contributed by atoms with Gasteiger partial charge in [0.05, 0.1) is 26.9 Å². The molecule has 0 aliphatic heterocycles. The van der Waals surface area contributed by atoms with Crippen molar-refractivity contribution >= 4 is 56.2 Å². The highest BCUT2D eigenvalue weighted by Gasteiger charge is 2.29. The molecule has 1 N–H and O–H groups in total. The molecule has 11 heteroatoms. The van der Waals surface area contributed by atoms with Crippen LogP contribution in [-0.4, -0.2) is 31.5 Å². The lowest BCUT2D eigenvalue weighted by atomic mass is 10.2. The van der Waals surface area contributed by atoms with Crippen LogP contribution in [0.3, 0.4) is 0 Å². The molecule has 1 amide bonds. The minimum atomic E-state index is -3.84. The number of hydrogen-bond donors (Lipinski definition) is 1. The first-order valence-electron chi connectivity index (χ1n) is 7.50. The second-order valence-corrected chi connectivity index (χ2v) is 8.30. The van der Waals surface area contributed by atoms with Crippen LogP contribution in [0.1, 0.15) is 6.92 Å². The van der Waals surface area contributed by atoms with Crippen LogP contribution in [0.5, 0.6) is 0 Å². The van der Waals surface area contributed by atoms with Gasteiger partial charge in [0.25, 0.3) is 5.69 Å². The highest BCUT2D eigenvalue weighted by molar-refractivity contribution is 7.92. The number of hydrogen-bond acceptors (Lipinski definition) is 5. The molecule has 0 saturated carbocycles. The largest absolute Gasteiger partial charge is 0.324 e. The number of benzene rings is 2. The minimum Gasteiger partial charge on any atom is -0.324 e. The number of non-ortho nitro benzene ring substituents is 1. The average molecular weight is 432 g/mol. The van der Waals surface area contributed by atoms with Gasteiger partial charge in [0.1, 0.15) is 6.04 Å². The van der Waals surface area contributed by atoms with E-state index in [0.29, 0.717) is 0 Å². The molecule has 144 valence electrons. The predicted octanol–water partition coefficient (Wildman–Crippen LogP) is 3.69. The van der Waals surface area contributed by atoms with Crippen molar-refractivity contribution in [3.63, 3.8) is 0 Å². The first kappa shape index (κ1) is 20.9. The Balaban J connectivity index is 2.33. The van der Waals surface area contributed by atoms with E-state index in [2.05, 4.69) is 5.32 Å². The third-order valence-corrected chi connectivity index (χ3v) is 5.55. The van der Waals surface area contributed by atoms with Gasteiger partial charge < -0.3 is 5.32 Å². The molecular formula is C16H15Cl2N3O5S. The Morgan fingerprint density at radius 1 is 1.19 bits per heavy atom. The number of rotatable bonds is 6. The molecule has 1 atom stereocenters. The lowest BCUT2D eigenvalue weighted by Crippen LogP contribution is -2.45. The van der Waals surface area contributed by atoms with Gasteiger partial charge in [-0.1, -0.05) is 29.3 Å². The molecule has 0 aliphatic carbocycles. The highest BCUT2D eigenvalue weighted by atomic mass is 35.5. The van der Waals surface area contributed by atoms with Crippen molar-refractivity contribution in [2.24, 2.45) is 0 Å². The van der Waals surface area contributed by atoms with E-state index in [4.69, 9.17) is 23.2 Å². The first-order chi connectivity index (χ1) is 12.5. The summed E-state index contributed by atoms with van der Waals surface area (Å²) in [7, 11) is -3.84. The van der Waals surface area contributed by atoms with Gasteiger partial charge in [-0.25, -0.2) is 8.42 Å². The van der Waals surface area contributed by atoms with Crippen molar-refractivity contribution in [1.82, 2.24) is 0 Å². The number of sulfonamides is 1. The molecule has 0 aromatic heterocycles. The van der Waals surface area contributed by atoms with E-state index in [9.17, 15) is 23.3 Å². The number of halogens is 2. The summed E-state index contributed by atoms with van der Waals surface area (Å²) < 4.78 is 25.4. The van der Waals surface area contributed by atoms with Gasteiger partial charge in [0.15, 0.2) is 0 Å². The molecule has 0 saturated heterocycles. The fourth-order valence-corrected chi connectivity index (χ4v) is 3.83. The first-order valence-corrected chi connectivity index (χ1v) is 10.1. The zero-order chi connectivity index (χ0) is 20.4. The Morgan fingerprint density at radius 3 is 2.41 bits per heavy atom. The van der Waals surface area contributed by atoms with Gasteiger partial charge >= 0.3 is 0 Å². The normalized spacial score (nSPS) is 12.3. The maximum absolute atomic E-state index is 12.6. The van der Waals surface area contributed by atoms with E-state index in [0.717, 1.165) is 10.6 Å². The van der Waals surface area contributed by atoms with Crippen LogP contribution in [0.2, 0.25) is 10.0 Å². The van der Waals surface area contributed by atoms with Gasteiger partial charge in [-0.15, -0.1) is 0 Å². The summed E-state index contributed by atoms with van der Waals surface area (Å²) >= 11 is 11.8. The number of carbonyl (C=O) groups is 1. The van der Waals surface area contributed by atoms with E-state index >= 15 is 0 Å². The summed E-state index contributed by atoms with van der Waals surface area (Å²) in [5.74, 6) is -0.674. The molecule has 0 spiro atoms. The summed E-state index contributed by atoms with van der Waals surface area (Å²) in [6.07, 6.45) is 0.951. The second-order valence-electron chi connectivity index (χ2n) is 5.63. The van der Waals surface area contributed by atoms with Crippen LogP contribution in [0.4, 0.5) is 17.1 Å². The molecule has 1 unspecified atom stereocenters. The van der Waals surface area contributed by atoms with Crippen molar-refractivity contribution in [1.29, 1.82) is 0 Å². The van der Waals surface area contributed by atoms with Crippen LogP contribution in [-0.2, 0) is 14.8 Å². The number of nitro groups is 1. The molecule has 27 heavy (non-hydrogen) atoms. The van der Waals surface area contributed by atoms with Crippen LogP contribution in [0, 0.1) is 10.1 Å².